The molecule has 110 valence electrons. The van der Waals surface area contributed by atoms with Gasteiger partial charge in [-0.1, -0.05) is 12.1 Å². The fraction of sp³-hybridized carbons (Fsp3) is 0.333. The number of anilines is 1. The number of benzene rings is 1. The average molecular weight is 287 g/mol. The van der Waals surface area contributed by atoms with E-state index in [1.165, 1.54) is 6.39 Å². The van der Waals surface area contributed by atoms with E-state index in [-0.39, 0.29) is 12.0 Å². The van der Waals surface area contributed by atoms with Crippen LogP contribution in [0.1, 0.15) is 6.42 Å². The van der Waals surface area contributed by atoms with Gasteiger partial charge in [-0.25, -0.2) is 4.98 Å². The first-order valence-corrected chi connectivity index (χ1v) is 6.92. The van der Waals surface area contributed by atoms with Gasteiger partial charge in [-0.05, 0) is 12.1 Å². The van der Waals surface area contributed by atoms with Gasteiger partial charge in [0, 0.05) is 24.3 Å². The van der Waals surface area contributed by atoms with Crippen molar-refractivity contribution >= 4 is 11.6 Å². The first kappa shape index (κ1) is 13.8. The van der Waals surface area contributed by atoms with Crippen LogP contribution in [0, 0.1) is 0 Å². The number of nitrogens with one attached hydrogen (secondary N) is 2. The van der Waals surface area contributed by atoms with E-state index in [0.29, 0.717) is 25.3 Å². The molecular weight excluding hydrogens is 270 g/mol. The second-order valence-electron chi connectivity index (χ2n) is 4.90. The number of ether oxygens (including phenoxy) is 1. The number of carbonyl (C=O) groups is 1. The van der Waals surface area contributed by atoms with Crippen molar-refractivity contribution in [2.24, 2.45) is 0 Å². The summed E-state index contributed by atoms with van der Waals surface area (Å²) in [5.41, 5.74) is 1.61. The highest BCUT2D eigenvalue weighted by Gasteiger charge is 2.17. The number of amides is 1. The molecule has 6 heteroatoms. The fourth-order valence-electron chi connectivity index (χ4n) is 2.28. The summed E-state index contributed by atoms with van der Waals surface area (Å²) < 4.78 is 10.8. The lowest BCUT2D eigenvalue weighted by molar-refractivity contribution is -0.119. The minimum atomic E-state index is -0.0591. The molecule has 3 rings (SSSR count). The van der Waals surface area contributed by atoms with E-state index in [1.807, 2.05) is 24.3 Å². The summed E-state index contributed by atoms with van der Waals surface area (Å²) in [7, 11) is 0. The number of carbonyl (C=O) groups excluding carboxylic acids is 1. The van der Waals surface area contributed by atoms with E-state index in [0.717, 1.165) is 17.8 Å². The SMILES string of the molecule is O=C(CC1CNCCO1)Nc1cccc(-c2cnco2)c1. The number of rotatable bonds is 4. The highest BCUT2D eigenvalue weighted by atomic mass is 16.5. The summed E-state index contributed by atoms with van der Waals surface area (Å²) in [6, 6.07) is 7.48. The largest absolute Gasteiger partial charge is 0.444 e. The second kappa shape index (κ2) is 6.51. The smallest absolute Gasteiger partial charge is 0.227 e. The van der Waals surface area contributed by atoms with Crippen LogP contribution in [0.2, 0.25) is 0 Å². The van der Waals surface area contributed by atoms with Crippen molar-refractivity contribution in [1.82, 2.24) is 10.3 Å². The van der Waals surface area contributed by atoms with Gasteiger partial charge in [0.1, 0.15) is 0 Å². The van der Waals surface area contributed by atoms with Crippen molar-refractivity contribution in [2.45, 2.75) is 12.5 Å². The molecule has 1 amide bonds. The van der Waals surface area contributed by atoms with Gasteiger partial charge in [0.15, 0.2) is 12.2 Å². The number of hydrogen-bond donors (Lipinski definition) is 2. The van der Waals surface area contributed by atoms with Gasteiger partial charge < -0.3 is 19.8 Å². The van der Waals surface area contributed by atoms with Gasteiger partial charge in [0.2, 0.25) is 5.91 Å². The van der Waals surface area contributed by atoms with Crippen molar-refractivity contribution in [1.29, 1.82) is 0 Å². The molecule has 6 nitrogen and oxygen atoms in total. The van der Waals surface area contributed by atoms with Gasteiger partial charge in [-0.3, -0.25) is 4.79 Å². The molecule has 1 aromatic carbocycles. The minimum Gasteiger partial charge on any atom is -0.444 e. The predicted octanol–water partition coefficient (Wildman–Crippen LogP) is 1.66. The lowest BCUT2D eigenvalue weighted by Crippen LogP contribution is -2.40. The average Bonchev–Trinajstić information content (AvgIpc) is 3.02. The zero-order valence-electron chi connectivity index (χ0n) is 11.5. The maximum absolute atomic E-state index is 12.0. The van der Waals surface area contributed by atoms with Crippen molar-refractivity contribution in [3.05, 3.63) is 36.9 Å². The lowest BCUT2D eigenvalue weighted by atomic mass is 10.1. The molecule has 1 saturated heterocycles. The summed E-state index contributed by atoms with van der Waals surface area (Å²) in [6.45, 7) is 2.21. The first-order chi connectivity index (χ1) is 10.3. The molecule has 2 N–H and O–H groups in total. The van der Waals surface area contributed by atoms with E-state index in [2.05, 4.69) is 15.6 Å². The molecule has 1 aromatic heterocycles. The molecule has 2 heterocycles. The van der Waals surface area contributed by atoms with Gasteiger partial charge in [-0.15, -0.1) is 0 Å². The van der Waals surface area contributed by atoms with E-state index in [1.54, 1.807) is 6.20 Å². The highest BCUT2D eigenvalue weighted by Crippen LogP contribution is 2.22. The standard InChI is InChI=1S/C15H17N3O3/c19-15(7-13-8-16-4-5-20-13)18-12-3-1-2-11(6-12)14-9-17-10-21-14/h1-3,6,9-10,13,16H,4-5,7-8H2,(H,18,19). The molecule has 0 aliphatic carbocycles. The van der Waals surface area contributed by atoms with Crippen molar-refractivity contribution in [3.8, 4) is 11.3 Å². The predicted molar refractivity (Wildman–Crippen MR) is 77.8 cm³/mol. The molecule has 1 aliphatic heterocycles. The zero-order valence-corrected chi connectivity index (χ0v) is 11.5. The summed E-state index contributed by atoms with van der Waals surface area (Å²) in [6.07, 6.45) is 3.31. The van der Waals surface area contributed by atoms with Gasteiger partial charge in [-0.2, -0.15) is 0 Å². The van der Waals surface area contributed by atoms with Gasteiger partial charge in [0.25, 0.3) is 0 Å². The monoisotopic (exact) mass is 287 g/mol. The van der Waals surface area contributed by atoms with E-state index in [9.17, 15) is 4.79 Å². The number of oxazole rings is 1. The van der Waals surface area contributed by atoms with E-state index in [4.69, 9.17) is 9.15 Å². The molecule has 0 spiro atoms. The molecule has 2 aromatic rings. The third kappa shape index (κ3) is 3.68. The van der Waals surface area contributed by atoms with Crippen LogP contribution in [0.4, 0.5) is 5.69 Å². The minimum absolute atomic E-state index is 0.0570. The number of morpholine rings is 1. The van der Waals surface area contributed by atoms with Crippen LogP contribution in [0.15, 0.2) is 41.3 Å². The molecule has 0 radical (unpaired) electrons. The maximum Gasteiger partial charge on any atom is 0.227 e. The Morgan fingerprint density at radius 3 is 3.19 bits per heavy atom. The molecule has 0 saturated carbocycles. The molecule has 1 unspecified atom stereocenters. The molecule has 21 heavy (non-hydrogen) atoms. The van der Waals surface area contributed by atoms with Crippen LogP contribution in [-0.4, -0.2) is 36.7 Å². The molecule has 1 atom stereocenters. The van der Waals surface area contributed by atoms with Gasteiger partial charge >= 0.3 is 0 Å². The zero-order chi connectivity index (χ0) is 14.5. The molecule has 1 fully saturated rings. The third-order valence-corrected chi connectivity index (χ3v) is 3.28. The Bertz CT molecular complexity index is 592. The Hall–Kier alpha value is -2.18. The Labute approximate surface area is 122 Å². The Morgan fingerprint density at radius 2 is 2.43 bits per heavy atom. The van der Waals surface area contributed by atoms with Crippen molar-refractivity contribution in [2.75, 3.05) is 25.0 Å². The maximum atomic E-state index is 12.0. The molecular formula is C15H17N3O3. The summed E-state index contributed by atoms with van der Waals surface area (Å²) in [5, 5.41) is 6.09. The van der Waals surface area contributed by atoms with Crippen LogP contribution < -0.4 is 10.6 Å². The van der Waals surface area contributed by atoms with Crippen molar-refractivity contribution in [3.63, 3.8) is 0 Å². The molecule has 1 aliphatic rings. The van der Waals surface area contributed by atoms with Crippen LogP contribution in [0.25, 0.3) is 11.3 Å². The quantitative estimate of drug-likeness (QED) is 0.894. The van der Waals surface area contributed by atoms with Crippen LogP contribution in [0.3, 0.4) is 0 Å². The molecule has 0 bridgehead atoms. The number of hydrogen-bond acceptors (Lipinski definition) is 5. The van der Waals surface area contributed by atoms with Crippen LogP contribution in [0.5, 0.6) is 0 Å². The Morgan fingerprint density at radius 1 is 1.48 bits per heavy atom. The third-order valence-electron chi connectivity index (χ3n) is 3.28. The fourth-order valence-corrected chi connectivity index (χ4v) is 2.28. The first-order valence-electron chi connectivity index (χ1n) is 6.92. The van der Waals surface area contributed by atoms with E-state index >= 15 is 0 Å². The Kier molecular flexibility index (Phi) is 4.28. The van der Waals surface area contributed by atoms with Crippen molar-refractivity contribution < 1.29 is 13.9 Å². The lowest BCUT2D eigenvalue weighted by Gasteiger charge is -2.23. The van der Waals surface area contributed by atoms with Crippen LogP contribution >= 0.6 is 0 Å². The van der Waals surface area contributed by atoms with Gasteiger partial charge in [0.05, 0.1) is 25.3 Å². The highest BCUT2D eigenvalue weighted by molar-refractivity contribution is 5.91. The summed E-state index contributed by atoms with van der Waals surface area (Å²) in [5.74, 6) is 0.615. The number of aromatic nitrogens is 1. The summed E-state index contributed by atoms with van der Waals surface area (Å²) >= 11 is 0. The van der Waals surface area contributed by atoms with Crippen LogP contribution in [-0.2, 0) is 9.53 Å². The van der Waals surface area contributed by atoms with E-state index < -0.39 is 0 Å². The normalized spacial score (nSPS) is 18.4. The second-order valence-corrected chi connectivity index (χ2v) is 4.90. The topological polar surface area (TPSA) is 76.4 Å². The number of nitrogens with zero attached hydrogens (tertiary/aromatic N) is 1. The Balaban J connectivity index is 1.62. The summed E-state index contributed by atoms with van der Waals surface area (Å²) in [4.78, 5) is 15.9.